The maximum absolute atomic E-state index is 12.3. The molecule has 0 aliphatic carbocycles. The first-order chi connectivity index (χ1) is 10.2. The number of likely N-dealkylation sites (N-methyl/N-ethyl adjacent to an activating group) is 1. The van der Waals surface area contributed by atoms with Crippen molar-refractivity contribution in [2.24, 2.45) is 0 Å². The smallest absolute Gasteiger partial charge is 0.237 e. The van der Waals surface area contributed by atoms with Crippen LogP contribution in [0.25, 0.3) is 0 Å². The Balaban J connectivity index is 0.00000242. The van der Waals surface area contributed by atoms with Crippen LogP contribution < -0.4 is 10.6 Å². The van der Waals surface area contributed by atoms with Crippen molar-refractivity contribution in [3.63, 3.8) is 0 Å². The van der Waals surface area contributed by atoms with E-state index in [-0.39, 0.29) is 24.4 Å². The topological polar surface area (TPSA) is 44.4 Å². The fraction of sp³-hybridized carbons (Fsp3) is 0.588. The highest BCUT2D eigenvalue weighted by atomic mass is 35.5. The number of hydrogen-bond donors (Lipinski definition) is 2. The van der Waals surface area contributed by atoms with Gasteiger partial charge in [0.2, 0.25) is 5.91 Å². The number of likely N-dealkylation sites (tertiary alicyclic amines) is 1. The molecular weight excluding hydrogens is 298 g/mol. The van der Waals surface area contributed by atoms with Gasteiger partial charge in [0.15, 0.2) is 0 Å². The Morgan fingerprint density at radius 3 is 2.77 bits per heavy atom. The van der Waals surface area contributed by atoms with Crippen LogP contribution in [0.4, 0.5) is 0 Å². The van der Waals surface area contributed by atoms with Crippen LogP contribution in [0, 0.1) is 0 Å². The average Bonchev–Trinajstić information content (AvgIpc) is 2.55. The van der Waals surface area contributed by atoms with Crippen LogP contribution in [-0.2, 0) is 11.2 Å². The van der Waals surface area contributed by atoms with Crippen molar-refractivity contribution in [2.45, 2.75) is 38.3 Å². The standard InChI is InChI=1S/C17H27N3O.ClH/c1-14(20-12-6-9-16(13-20)18-2)17(21)19-11-10-15-7-4-3-5-8-15;/h3-5,7-8,14,16,18H,6,9-13H2,1-2H3,(H,19,21);1H. The third-order valence-corrected chi connectivity index (χ3v) is 4.34. The molecule has 5 heteroatoms. The first kappa shape index (κ1) is 18.9. The van der Waals surface area contributed by atoms with E-state index in [0.29, 0.717) is 12.6 Å². The van der Waals surface area contributed by atoms with Gasteiger partial charge in [-0.1, -0.05) is 30.3 Å². The molecule has 1 saturated heterocycles. The molecular formula is C17H28ClN3O. The molecule has 1 aliphatic rings. The zero-order valence-electron chi connectivity index (χ0n) is 13.5. The van der Waals surface area contributed by atoms with Crippen molar-refractivity contribution in [1.29, 1.82) is 0 Å². The predicted octanol–water partition coefficient (Wildman–Crippen LogP) is 1.84. The highest BCUT2D eigenvalue weighted by Gasteiger charge is 2.26. The summed E-state index contributed by atoms with van der Waals surface area (Å²) in [4.78, 5) is 14.5. The molecule has 0 spiro atoms. The summed E-state index contributed by atoms with van der Waals surface area (Å²) in [6.07, 6.45) is 3.25. The van der Waals surface area contributed by atoms with Gasteiger partial charge in [0, 0.05) is 19.1 Å². The largest absolute Gasteiger partial charge is 0.354 e. The third-order valence-electron chi connectivity index (χ3n) is 4.34. The molecule has 1 aromatic rings. The molecule has 2 rings (SSSR count). The van der Waals surface area contributed by atoms with Gasteiger partial charge < -0.3 is 10.6 Å². The van der Waals surface area contributed by atoms with Crippen molar-refractivity contribution >= 4 is 18.3 Å². The molecule has 1 amide bonds. The van der Waals surface area contributed by atoms with Crippen molar-refractivity contribution in [3.05, 3.63) is 35.9 Å². The van der Waals surface area contributed by atoms with Gasteiger partial charge in [-0.2, -0.15) is 0 Å². The van der Waals surface area contributed by atoms with Gasteiger partial charge in [0.1, 0.15) is 0 Å². The Kier molecular flexibility index (Phi) is 8.46. The minimum absolute atomic E-state index is 0. The van der Waals surface area contributed by atoms with Gasteiger partial charge in [-0.25, -0.2) is 0 Å². The number of benzene rings is 1. The third kappa shape index (κ3) is 5.59. The van der Waals surface area contributed by atoms with Crippen molar-refractivity contribution < 1.29 is 4.79 Å². The Labute approximate surface area is 140 Å². The molecule has 0 radical (unpaired) electrons. The molecule has 1 fully saturated rings. The highest BCUT2D eigenvalue weighted by Crippen LogP contribution is 2.12. The van der Waals surface area contributed by atoms with E-state index in [1.807, 2.05) is 32.2 Å². The van der Waals surface area contributed by atoms with Gasteiger partial charge in [0.25, 0.3) is 0 Å². The summed E-state index contributed by atoms with van der Waals surface area (Å²) in [6, 6.07) is 10.7. The van der Waals surface area contributed by atoms with Gasteiger partial charge in [-0.3, -0.25) is 9.69 Å². The van der Waals surface area contributed by atoms with Crippen LogP contribution >= 0.6 is 12.4 Å². The summed E-state index contributed by atoms with van der Waals surface area (Å²) in [6.45, 7) is 4.70. The summed E-state index contributed by atoms with van der Waals surface area (Å²) in [7, 11) is 2.00. The molecule has 2 atom stereocenters. The Morgan fingerprint density at radius 2 is 2.09 bits per heavy atom. The van der Waals surface area contributed by atoms with E-state index in [1.54, 1.807) is 0 Å². The molecule has 0 saturated carbocycles. The lowest BCUT2D eigenvalue weighted by atomic mass is 10.0. The first-order valence-corrected chi connectivity index (χ1v) is 7.93. The highest BCUT2D eigenvalue weighted by molar-refractivity contribution is 5.85. The van der Waals surface area contributed by atoms with Crippen LogP contribution in [-0.4, -0.2) is 49.6 Å². The monoisotopic (exact) mass is 325 g/mol. The van der Waals surface area contributed by atoms with E-state index in [0.717, 1.165) is 25.9 Å². The first-order valence-electron chi connectivity index (χ1n) is 7.93. The number of nitrogens with zero attached hydrogens (tertiary/aromatic N) is 1. The predicted molar refractivity (Wildman–Crippen MR) is 93.5 cm³/mol. The van der Waals surface area contributed by atoms with Crippen LogP contribution in [0.2, 0.25) is 0 Å². The summed E-state index contributed by atoms with van der Waals surface area (Å²) in [5.41, 5.74) is 1.26. The maximum atomic E-state index is 12.3. The normalized spacial score (nSPS) is 20.0. The van der Waals surface area contributed by atoms with E-state index in [9.17, 15) is 4.79 Å². The van der Waals surface area contributed by atoms with Gasteiger partial charge >= 0.3 is 0 Å². The van der Waals surface area contributed by atoms with Crippen molar-refractivity contribution in [1.82, 2.24) is 15.5 Å². The van der Waals surface area contributed by atoms with Crippen molar-refractivity contribution in [2.75, 3.05) is 26.7 Å². The molecule has 0 aromatic heterocycles. The van der Waals surface area contributed by atoms with Crippen LogP contribution in [0.5, 0.6) is 0 Å². The van der Waals surface area contributed by atoms with Gasteiger partial charge in [-0.15, -0.1) is 12.4 Å². The molecule has 22 heavy (non-hydrogen) atoms. The van der Waals surface area contributed by atoms with E-state index < -0.39 is 0 Å². The molecule has 2 N–H and O–H groups in total. The Morgan fingerprint density at radius 1 is 1.36 bits per heavy atom. The number of hydrogen-bond acceptors (Lipinski definition) is 3. The zero-order valence-corrected chi connectivity index (χ0v) is 14.4. The number of carbonyl (C=O) groups excluding carboxylic acids is 1. The van der Waals surface area contributed by atoms with E-state index in [1.165, 1.54) is 12.0 Å². The van der Waals surface area contributed by atoms with Gasteiger partial charge in [0.05, 0.1) is 6.04 Å². The lowest BCUT2D eigenvalue weighted by Gasteiger charge is -2.35. The summed E-state index contributed by atoms with van der Waals surface area (Å²) in [5, 5.41) is 6.38. The van der Waals surface area contributed by atoms with Gasteiger partial charge in [-0.05, 0) is 45.3 Å². The lowest BCUT2D eigenvalue weighted by Crippen LogP contribution is -2.52. The quantitative estimate of drug-likeness (QED) is 0.839. The molecule has 0 bridgehead atoms. The van der Waals surface area contributed by atoms with Crippen LogP contribution in [0.3, 0.4) is 0 Å². The van der Waals surface area contributed by atoms with E-state index in [2.05, 4.69) is 27.7 Å². The lowest BCUT2D eigenvalue weighted by molar-refractivity contribution is -0.126. The summed E-state index contributed by atoms with van der Waals surface area (Å²) in [5.74, 6) is 0.141. The fourth-order valence-corrected chi connectivity index (χ4v) is 2.88. The van der Waals surface area contributed by atoms with Crippen molar-refractivity contribution in [3.8, 4) is 0 Å². The fourth-order valence-electron chi connectivity index (χ4n) is 2.88. The molecule has 2 unspecified atom stereocenters. The summed E-state index contributed by atoms with van der Waals surface area (Å²) < 4.78 is 0. The maximum Gasteiger partial charge on any atom is 0.237 e. The minimum atomic E-state index is -0.0445. The van der Waals surface area contributed by atoms with Crippen LogP contribution in [0.1, 0.15) is 25.3 Å². The second kappa shape index (κ2) is 9.82. The molecule has 1 heterocycles. The molecule has 1 aliphatic heterocycles. The Bertz CT molecular complexity index is 441. The number of nitrogens with one attached hydrogen (secondary N) is 2. The number of halogens is 1. The summed E-state index contributed by atoms with van der Waals surface area (Å²) >= 11 is 0. The minimum Gasteiger partial charge on any atom is -0.354 e. The Hall–Kier alpha value is -1.10. The van der Waals surface area contributed by atoms with Crippen LogP contribution in [0.15, 0.2) is 30.3 Å². The second-order valence-electron chi connectivity index (χ2n) is 5.83. The molecule has 4 nitrogen and oxygen atoms in total. The number of piperidine rings is 1. The van der Waals surface area contributed by atoms with E-state index >= 15 is 0 Å². The number of amides is 1. The molecule has 124 valence electrons. The number of carbonyl (C=O) groups is 1. The molecule has 1 aromatic carbocycles. The SMILES string of the molecule is CNC1CCCN(C(C)C(=O)NCCc2ccccc2)C1.Cl. The average molecular weight is 326 g/mol. The zero-order chi connectivity index (χ0) is 15.1. The number of rotatable bonds is 6. The second-order valence-corrected chi connectivity index (χ2v) is 5.83. The van der Waals surface area contributed by atoms with E-state index in [4.69, 9.17) is 0 Å².